The van der Waals surface area contributed by atoms with Gasteiger partial charge in [0.05, 0.1) is 17.8 Å². The lowest BCUT2D eigenvalue weighted by molar-refractivity contribution is -0.115. The third kappa shape index (κ3) is 4.38. The van der Waals surface area contributed by atoms with Crippen molar-refractivity contribution in [2.24, 2.45) is 0 Å². The van der Waals surface area contributed by atoms with Gasteiger partial charge >= 0.3 is 0 Å². The van der Waals surface area contributed by atoms with Crippen molar-refractivity contribution in [2.75, 3.05) is 10.6 Å². The lowest BCUT2D eigenvalue weighted by atomic mass is 10.1. The van der Waals surface area contributed by atoms with Crippen LogP contribution >= 0.6 is 0 Å². The molecule has 2 N–H and O–H groups in total. The lowest BCUT2D eigenvalue weighted by Gasteiger charge is -2.09. The fraction of sp³-hybridized carbons (Fsp3) is 0.150. The van der Waals surface area contributed by atoms with E-state index >= 15 is 0 Å². The maximum Gasteiger partial charge on any atom is 0.255 e. The smallest absolute Gasteiger partial charge is 0.255 e. The van der Waals surface area contributed by atoms with E-state index in [1.165, 1.54) is 18.2 Å². The van der Waals surface area contributed by atoms with Crippen molar-refractivity contribution in [3.8, 4) is 0 Å². The van der Waals surface area contributed by atoms with Crippen LogP contribution in [0.2, 0.25) is 0 Å². The molecule has 0 radical (unpaired) electrons. The molecule has 0 aliphatic carbocycles. The summed E-state index contributed by atoms with van der Waals surface area (Å²) < 4.78 is 18.7. The first kappa shape index (κ1) is 18.3. The Labute approximate surface area is 155 Å². The van der Waals surface area contributed by atoms with Gasteiger partial charge in [-0.2, -0.15) is 0 Å². The molecule has 2 aromatic carbocycles. The highest BCUT2D eigenvalue weighted by Gasteiger charge is 2.14. The van der Waals surface area contributed by atoms with Gasteiger partial charge in [0.15, 0.2) is 0 Å². The van der Waals surface area contributed by atoms with Gasteiger partial charge in [0.25, 0.3) is 5.91 Å². The molecule has 0 unspecified atom stereocenters. The number of carbonyl (C=O) groups is 2. The fourth-order valence-electron chi connectivity index (χ4n) is 2.62. The molecule has 27 heavy (non-hydrogen) atoms. The summed E-state index contributed by atoms with van der Waals surface area (Å²) in [5.41, 5.74) is 2.26. The summed E-state index contributed by atoms with van der Waals surface area (Å²) in [7, 11) is 0. The van der Waals surface area contributed by atoms with Crippen molar-refractivity contribution in [1.29, 1.82) is 0 Å². The van der Waals surface area contributed by atoms with Crippen LogP contribution in [-0.2, 0) is 11.2 Å². The van der Waals surface area contributed by atoms with Crippen LogP contribution in [0.15, 0.2) is 53.1 Å². The van der Waals surface area contributed by atoms with Crippen LogP contribution in [-0.4, -0.2) is 17.0 Å². The maximum atomic E-state index is 13.7. The SMILES string of the molecule is Cc1noc(C)c1CC(=O)Nc1cccc(C(=O)Nc2ccccc2F)c1. The van der Waals surface area contributed by atoms with E-state index in [9.17, 15) is 14.0 Å². The highest BCUT2D eigenvalue weighted by atomic mass is 19.1. The predicted molar refractivity (Wildman–Crippen MR) is 99.1 cm³/mol. The first-order valence-corrected chi connectivity index (χ1v) is 8.31. The molecule has 0 saturated heterocycles. The van der Waals surface area contributed by atoms with Gasteiger partial charge in [-0.15, -0.1) is 0 Å². The third-order valence-electron chi connectivity index (χ3n) is 4.05. The monoisotopic (exact) mass is 367 g/mol. The average molecular weight is 367 g/mol. The Bertz CT molecular complexity index is 978. The van der Waals surface area contributed by atoms with E-state index in [0.717, 1.165) is 5.56 Å². The van der Waals surface area contributed by atoms with Crippen molar-refractivity contribution >= 4 is 23.2 Å². The number of aryl methyl sites for hydroxylation is 2. The summed E-state index contributed by atoms with van der Waals surface area (Å²) >= 11 is 0. The Hall–Kier alpha value is -3.48. The van der Waals surface area contributed by atoms with Gasteiger partial charge in [0, 0.05) is 16.8 Å². The number of anilines is 2. The van der Waals surface area contributed by atoms with Gasteiger partial charge in [-0.3, -0.25) is 9.59 Å². The summed E-state index contributed by atoms with van der Waals surface area (Å²) in [4.78, 5) is 24.6. The number of hydrogen-bond acceptors (Lipinski definition) is 4. The number of aromatic nitrogens is 1. The van der Waals surface area contributed by atoms with Crippen LogP contribution in [0.5, 0.6) is 0 Å². The number of para-hydroxylation sites is 1. The van der Waals surface area contributed by atoms with E-state index in [0.29, 0.717) is 22.7 Å². The van der Waals surface area contributed by atoms with E-state index in [-0.39, 0.29) is 18.0 Å². The van der Waals surface area contributed by atoms with E-state index in [1.54, 1.807) is 44.2 Å². The molecule has 0 fully saturated rings. The molecule has 1 aromatic heterocycles. The molecule has 6 nitrogen and oxygen atoms in total. The van der Waals surface area contributed by atoms with Crippen molar-refractivity contribution in [1.82, 2.24) is 5.16 Å². The molecule has 0 spiro atoms. The van der Waals surface area contributed by atoms with Gasteiger partial charge in [-0.05, 0) is 44.2 Å². The number of benzene rings is 2. The van der Waals surface area contributed by atoms with Crippen molar-refractivity contribution in [3.05, 3.63) is 76.9 Å². The number of carbonyl (C=O) groups excluding carboxylic acids is 2. The minimum absolute atomic E-state index is 0.0929. The zero-order valence-electron chi connectivity index (χ0n) is 14.9. The summed E-state index contributed by atoms with van der Waals surface area (Å²) in [5, 5.41) is 9.08. The maximum absolute atomic E-state index is 13.7. The predicted octanol–water partition coefficient (Wildman–Crippen LogP) is 3.86. The zero-order valence-corrected chi connectivity index (χ0v) is 14.9. The number of nitrogens with one attached hydrogen (secondary N) is 2. The molecular formula is C20H18FN3O3. The Kier molecular flexibility index (Phi) is 5.30. The number of amides is 2. The molecule has 2 amide bonds. The zero-order chi connectivity index (χ0) is 19.4. The second kappa shape index (κ2) is 7.82. The van der Waals surface area contributed by atoms with Crippen LogP contribution in [0.3, 0.4) is 0 Å². The standard InChI is InChI=1S/C20H18FN3O3/c1-12-16(13(2)27-24-12)11-19(25)22-15-7-5-6-14(10-15)20(26)23-18-9-4-3-8-17(18)21/h3-10H,11H2,1-2H3,(H,22,25)(H,23,26). The van der Waals surface area contributed by atoms with Crippen molar-refractivity contribution < 1.29 is 18.5 Å². The second-order valence-electron chi connectivity index (χ2n) is 6.04. The number of rotatable bonds is 5. The summed E-state index contributed by atoms with van der Waals surface area (Å²) in [6, 6.07) is 12.3. The van der Waals surface area contributed by atoms with Gasteiger partial charge in [0.1, 0.15) is 11.6 Å². The average Bonchev–Trinajstić information content (AvgIpc) is 2.95. The molecule has 0 aliphatic rings. The number of hydrogen-bond donors (Lipinski definition) is 2. The van der Waals surface area contributed by atoms with Gasteiger partial charge in [0.2, 0.25) is 5.91 Å². The van der Waals surface area contributed by atoms with Gasteiger partial charge in [-0.25, -0.2) is 4.39 Å². The number of nitrogens with zero attached hydrogens (tertiary/aromatic N) is 1. The highest BCUT2D eigenvalue weighted by Crippen LogP contribution is 2.17. The Morgan fingerprint density at radius 1 is 1.07 bits per heavy atom. The fourth-order valence-corrected chi connectivity index (χ4v) is 2.62. The first-order valence-electron chi connectivity index (χ1n) is 8.31. The minimum atomic E-state index is -0.519. The van der Waals surface area contributed by atoms with Crippen LogP contribution in [0.4, 0.5) is 15.8 Å². The Morgan fingerprint density at radius 2 is 1.85 bits per heavy atom. The van der Waals surface area contributed by atoms with E-state index in [1.807, 2.05) is 0 Å². The van der Waals surface area contributed by atoms with E-state index < -0.39 is 11.7 Å². The molecule has 0 bridgehead atoms. The summed E-state index contributed by atoms with van der Waals surface area (Å²) in [6.45, 7) is 3.52. The van der Waals surface area contributed by atoms with Gasteiger partial charge in [-0.1, -0.05) is 23.4 Å². The quantitative estimate of drug-likeness (QED) is 0.717. The Balaban J connectivity index is 1.69. The molecule has 3 rings (SSSR count). The molecule has 138 valence electrons. The summed E-state index contributed by atoms with van der Waals surface area (Å²) in [6.07, 6.45) is 0.118. The largest absolute Gasteiger partial charge is 0.361 e. The lowest BCUT2D eigenvalue weighted by Crippen LogP contribution is -2.17. The molecule has 3 aromatic rings. The molecular weight excluding hydrogens is 349 g/mol. The van der Waals surface area contributed by atoms with Crippen LogP contribution in [0, 0.1) is 19.7 Å². The van der Waals surface area contributed by atoms with Crippen LogP contribution < -0.4 is 10.6 Å². The normalized spacial score (nSPS) is 10.5. The van der Waals surface area contributed by atoms with E-state index in [4.69, 9.17) is 4.52 Å². The van der Waals surface area contributed by atoms with Crippen molar-refractivity contribution in [3.63, 3.8) is 0 Å². The molecule has 7 heteroatoms. The summed E-state index contributed by atoms with van der Waals surface area (Å²) in [5.74, 6) is -0.645. The highest BCUT2D eigenvalue weighted by molar-refractivity contribution is 6.05. The number of halogens is 1. The molecule has 0 saturated carbocycles. The van der Waals surface area contributed by atoms with Gasteiger partial charge < -0.3 is 15.2 Å². The van der Waals surface area contributed by atoms with E-state index in [2.05, 4.69) is 15.8 Å². The second-order valence-corrected chi connectivity index (χ2v) is 6.04. The molecule has 0 aliphatic heterocycles. The topological polar surface area (TPSA) is 84.2 Å². The van der Waals surface area contributed by atoms with Crippen LogP contribution in [0.1, 0.15) is 27.4 Å². The Morgan fingerprint density at radius 3 is 2.56 bits per heavy atom. The minimum Gasteiger partial charge on any atom is -0.361 e. The van der Waals surface area contributed by atoms with Crippen LogP contribution in [0.25, 0.3) is 0 Å². The third-order valence-corrected chi connectivity index (χ3v) is 4.05. The molecule has 1 heterocycles. The molecule has 0 atom stereocenters. The first-order chi connectivity index (χ1) is 12.9. The van der Waals surface area contributed by atoms with Crippen molar-refractivity contribution in [2.45, 2.75) is 20.3 Å².